The summed E-state index contributed by atoms with van der Waals surface area (Å²) in [6, 6.07) is 17.7. The normalized spacial score (nSPS) is 22.4. The molecule has 3 unspecified atom stereocenters. The number of imide groups is 1. The van der Waals surface area contributed by atoms with Gasteiger partial charge in [-0.3, -0.25) is 24.3 Å². The molecule has 1 fully saturated rings. The fourth-order valence-corrected chi connectivity index (χ4v) is 7.36. The Hall–Kier alpha value is -3.10. The van der Waals surface area contributed by atoms with Crippen LogP contribution in [0.25, 0.3) is 10.9 Å². The number of carbonyl (C=O) groups excluding carboxylic acids is 2. The molecular formula is C23H17N3O3S2. The van der Waals surface area contributed by atoms with E-state index in [2.05, 4.69) is 10.3 Å². The van der Waals surface area contributed by atoms with E-state index < -0.39 is 11.2 Å². The Kier molecular flexibility index (Phi) is 4.19. The first kappa shape index (κ1) is 18.7. The van der Waals surface area contributed by atoms with Gasteiger partial charge in [-0.25, -0.2) is 0 Å². The molecule has 3 atom stereocenters. The summed E-state index contributed by atoms with van der Waals surface area (Å²) in [5, 5.41) is 3.77. The number of H-pyrrole nitrogens is 1. The van der Waals surface area contributed by atoms with Crippen molar-refractivity contribution in [3.05, 3.63) is 86.5 Å². The largest absolute Gasteiger partial charge is 0.361 e. The molecule has 2 amide bonds. The van der Waals surface area contributed by atoms with Crippen LogP contribution >= 0.6 is 23.1 Å². The maximum atomic E-state index is 13.0. The van der Waals surface area contributed by atoms with Gasteiger partial charge in [0, 0.05) is 27.9 Å². The quantitative estimate of drug-likeness (QED) is 0.472. The summed E-state index contributed by atoms with van der Waals surface area (Å²) in [6.45, 7) is 0.437. The predicted molar refractivity (Wildman–Crippen MR) is 121 cm³/mol. The van der Waals surface area contributed by atoms with E-state index in [4.69, 9.17) is 0 Å². The van der Waals surface area contributed by atoms with Crippen LogP contribution in [0.2, 0.25) is 0 Å². The van der Waals surface area contributed by atoms with Crippen molar-refractivity contribution in [2.45, 2.75) is 22.7 Å². The van der Waals surface area contributed by atoms with Crippen molar-refractivity contribution in [3.63, 3.8) is 0 Å². The van der Waals surface area contributed by atoms with E-state index >= 15 is 0 Å². The molecule has 2 aromatic carbocycles. The Morgan fingerprint density at radius 3 is 2.55 bits per heavy atom. The van der Waals surface area contributed by atoms with E-state index in [1.807, 2.05) is 60.8 Å². The van der Waals surface area contributed by atoms with Crippen LogP contribution in [0.4, 0.5) is 0 Å². The summed E-state index contributed by atoms with van der Waals surface area (Å²) in [5.41, 5.74) is 2.93. The number of benzene rings is 2. The summed E-state index contributed by atoms with van der Waals surface area (Å²) in [6.07, 6.45) is 1.91. The van der Waals surface area contributed by atoms with Crippen LogP contribution in [0.15, 0.2) is 70.6 Å². The van der Waals surface area contributed by atoms with Crippen LogP contribution < -0.4 is 10.2 Å². The number of thioether (sulfide) groups is 1. The highest BCUT2D eigenvalue weighted by Crippen LogP contribution is 2.52. The minimum absolute atomic E-state index is 0.0703. The van der Waals surface area contributed by atoms with Crippen molar-refractivity contribution in [3.8, 4) is 0 Å². The zero-order valence-corrected chi connectivity index (χ0v) is 17.8. The number of carbonyl (C=O) groups is 2. The molecule has 6 nitrogen and oxygen atoms in total. The lowest BCUT2D eigenvalue weighted by molar-refractivity contribution is -0.125. The molecule has 154 valence electrons. The summed E-state index contributed by atoms with van der Waals surface area (Å²) >= 11 is 2.53. The molecular weight excluding hydrogens is 430 g/mol. The van der Waals surface area contributed by atoms with Gasteiger partial charge in [0.2, 0.25) is 11.8 Å². The van der Waals surface area contributed by atoms with E-state index in [9.17, 15) is 14.4 Å². The number of amides is 2. The number of hydrogen-bond acceptors (Lipinski definition) is 5. The van der Waals surface area contributed by atoms with E-state index in [1.54, 1.807) is 4.57 Å². The van der Waals surface area contributed by atoms with Gasteiger partial charge in [-0.2, -0.15) is 0 Å². The summed E-state index contributed by atoms with van der Waals surface area (Å²) < 4.78 is 1.74. The summed E-state index contributed by atoms with van der Waals surface area (Å²) in [4.78, 5) is 42.6. The second-order valence-corrected chi connectivity index (χ2v) is 9.92. The van der Waals surface area contributed by atoms with Crippen LogP contribution in [0.3, 0.4) is 0 Å². The second-order valence-electron chi connectivity index (χ2n) is 7.79. The van der Waals surface area contributed by atoms with Gasteiger partial charge in [-0.05, 0) is 17.2 Å². The lowest BCUT2D eigenvalue weighted by Gasteiger charge is -2.30. The maximum absolute atomic E-state index is 13.0. The number of thiazole rings is 1. The highest BCUT2D eigenvalue weighted by atomic mass is 32.2. The number of hydrogen-bond donors (Lipinski definition) is 2. The van der Waals surface area contributed by atoms with Crippen molar-refractivity contribution in [2.24, 2.45) is 5.92 Å². The van der Waals surface area contributed by atoms with Crippen LogP contribution in [-0.4, -0.2) is 26.6 Å². The highest BCUT2D eigenvalue weighted by molar-refractivity contribution is 8.00. The minimum Gasteiger partial charge on any atom is -0.361 e. The Balaban J connectivity index is 1.56. The van der Waals surface area contributed by atoms with Crippen molar-refractivity contribution in [1.29, 1.82) is 0 Å². The van der Waals surface area contributed by atoms with Crippen molar-refractivity contribution in [2.75, 3.05) is 0 Å². The molecule has 4 heterocycles. The first-order valence-electron chi connectivity index (χ1n) is 9.96. The molecule has 6 rings (SSSR count). The zero-order chi connectivity index (χ0) is 21.1. The average Bonchev–Trinajstić information content (AvgIpc) is 3.42. The van der Waals surface area contributed by atoms with E-state index in [0.717, 1.165) is 31.9 Å². The number of aromatic nitrogens is 2. The Bertz CT molecular complexity index is 1400. The Morgan fingerprint density at radius 1 is 0.935 bits per heavy atom. The lowest BCUT2D eigenvalue weighted by Crippen LogP contribution is -2.32. The molecule has 0 aliphatic carbocycles. The third-order valence-electron chi connectivity index (χ3n) is 6.03. The molecule has 0 bridgehead atoms. The van der Waals surface area contributed by atoms with Gasteiger partial charge in [0.25, 0.3) is 0 Å². The molecule has 2 aliphatic heterocycles. The van der Waals surface area contributed by atoms with E-state index in [0.29, 0.717) is 6.54 Å². The standard InChI is InChI=1S/C23H17N3O3S2/c27-20-17-16(14-10-24-15-9-5-4-8-13(14)15)19-22(30-18(17)21(28)25-20)26(23(29)31-19)11-12-6-2-1-3-7-12/h1-10,16-18,24H,11H2,(H,25,27,28). The number of rotatable bonds is 3. The number of nitrogens with one attached hydrogen (secondary N) is 2. The number of fused-ring (bicyclic) bond motifs is 3. The molecule has 31 heavy (non-hydrogen) atoms. The number of nitrogens with zero attached hydrogens (tertiary/aromatic N) is 1. The molecule has 0 radical (unpaired) electrons. The molecule has 2 aliphatic rings. The van der Waals surface area contributed by atoms with Crippen LogP contribution in [0, 0.1) is 5.92 Å². The first-order chi connectivity index (χ1) is 15.1. The fourth-order valence-electron chi connectivity index (χ4n) is 4.63. The predicted octanol–water partition coefficient (Wildman–Crippen LogP) is 3.32. The topological polar surface area (TPSA) is 84.0 Å². The van der Waals surface area contributed by atoms with E-state index in [1.165, 1.54) is 23.1 Å². The van der Waals surface area contributed by atoms with Gasteiger partial charge in [0.05, 0.1) is 17.5 Å². The third kappa shape index (κ3) is 2.82. The van der Waals surface area contributed by atoms with Gasteiger partial charge in [-0.1, -0.05) is 71.6 Å². The Morgan fingerprint density at radius 2 is 1.71 bits per heavy atom. The monoisotopic (exact) mass is 447 g/mol. The lowest BCUT2D eigenvalue weighted by atomic mass is 9.83. The molecule has 8 heteroatoms. The summed E-state index contributed by atoms with van der Waals surface area (Å²) in [5.74, 6) is -1.43. The molecule has 2 aromatic heterocycles. The second kappa shape index (κ2) is 6.96. The van der Waals surface area contributed by atoms with E-state index in [-0.39, 0.29) is 22.6 Å². The number of para-hydroxylation sites is 1. The first-order valence-corrected chi connectivity index (χ1v) is 11.7. The van der Waals surface area contributed by atoms with Gasteiger partial charge in [0.1, 0.15) is 5.25 Å². The van der Waals surface area contributed by atoms with Crippen LogP contribution in [-0.2, 0) is 16.1 Å². The summed E-state index contributed by atoms with van der Waals surface area (Å²) in [7, 11) is 0. The SMILES string of the molecule is O=C1NC(=O)C2C1Sc1c(sc(=O)n1Cc1ccccc1)C2c1c[nH]c2ccccc12. The third-order valence-corrected chi connectivity index (χ3v) is 8.64. The van der Waals surface area contributed by atoms with Crippen molar-refractivity contribution >= 4 is 45.8 Å². The smallest absolute Gasteiger partial charge is 0.308 e. The molecule has 0 saturated carbocycles. The fraction of sp³-hybridized carbons (Fsp3) is 0.174. The number of aromatic amines is 1. The molecule has 0 spiro atoms. The van der Waals surface area contributed by atoms with Gasteiger partial charge >= 0.3 is 4.87 Å². The minimum atomic E-state index is -0.547. The highest BCUT2D eigenvalue weighted by Gasteiger charge is 2.53. The van der Waals surface area contributed by atoms with Gasteiger partial charge in [0.15, 0.2) is 0 Å². The van der Waals surface area contributed by atoms with Crippen LogP contribution in [0.1, 0.15) is 21.9 Å². The van der Waals surface area contributed by atoms with Gasteiger partial charge < -0.3 is 4.98 Å². The van der Waals surface area contributed by atoms with Crippen molar-refractivity contribution < 1.29 is 9.59 Å². The average molecular weight is 448 g/mol. The van der Waals surface area contributed by atoms with Crippen LogP contribution in [0.5, 0.6) is 0 Å². The maximum Gasteiger partial charge on any atom is 0.308 e. The van der Waals surface area contributed by atoms with Crippen molar-refractivity contribution in [1.82, 2.24) is 14.9 Å². The van der Waals surface area contributed by atoms with Gasteiger partial charge in [-0.15, -0.1) is 0 Å². The zero-order valence-electron chi connectivity index (χ0n) is 16.2. The molecule has 1 saturated heterocycles. The molecule has 2 N–H and O–H groups in total. The Labute approximate surface area is 185 Å². The molecule has 4 aromatic rings.